The van der Waals surface area contributed by atoms with Crippen LogP contribution in [0.1, 0.15) is 18.4 Å². The molecule has 3 rings (SSSR count). The second kappa shape index (κ2) is 3.95. The third-order valence-electron chi connectivity index (χ3n) is 3.83. The molecule has 0 saturated carbocycles. The fourth-order valence-electron chi connectivity index (χ4n) is 2.75. The van der Waals surface area contributed by atoms with E-state index in [4.69, 9.17) is 4.74 Å². The minimum absolute atomic E-state index is 0.297. The number of nitrogens with zero attached hydrogens (tertiary/aromatic N) is 2. The molecule has 4 nitrogen and oxygen atoms in total. The fraction of sp³-hybridized carbons (Fsp3) is 0.462. The van der Waals surface area contributed by atoms with Crippen LogP contribution in [0.4, 0.5) is 15.0 Å². The molecule has 0 bridgehead atoms. The molecule has 2 aliphatic rings. The molecule has 0 unspecified atom stereocenters. The van der Waals surface area contributed by atoms with E-state index in [2.05, 4.69) is 0 Å². The fourth-order valence-corrected chi connectivity index (χ4v) is 2.75. The molecule has 1 saturated heterocycles. The summed E-state index contributed by atoms with van der Waals surface area (Å²) in [5, 5.41) is 0.778. The van der Waals surface area contributed by atoms with E-state index in [1.807, 2.05) is 24.3 Å². The number of amides is 1. The molecular formula is C13H15FN2O2. The number of hydrogen-bond acceptors (Lipinski definition) is 3. The number of ether oxygens (including phenoxy) is 1. The lowest BCUT2D eigenvalue weighted by molar-refractivity contribution is -0.0921. The van der Waals surface area contributed by atoms with Crippen LogP contribution in [0.5, 0.6) is 0 Å². The third kappa shape index (κ3) is 1.58. The van der Waals surface area contributed by atoms with E-state index in [9.17, 15) is 9.28 Å². The van der Waals surface area contributed by atoms with E-state index in [1.54, 1.807) is 7.05 Å². The molecule has 1 spiro atoms. The molecule has 1 fully saturated rings. The zero-order valence-corrected chi connectivity index (χ0v) is 10.2. The lowest BCUT2D eigenvalue weighted by atomic mass is 9.82. The van der Waals surface area contributed by atoms with Crippen LogP contribution in [0, 0.1) is 0 Å². The van der Waals surface area contributed by atoms with Gasteiger partial charge in [-0.05, 0) is 6.07 Å². The molecule has 1 amide bonds. The molecule has 96 valence electrons. The number of halogens is 1. The van der Waals surface area contributed by atoms with Crippen molar-refractivity contribution in [3.05, 3.63) is 29.8 Å². The summed E-state index contributed by atoms with van der Waals surface area (Å²) in [6.45, 7) is 0.594. The Balaban J connectivity index is 2.06. The molecule has 0 aromatic heterocycles. The second-order valence-corrected chi connectivity index (χ2v) is 4.85. The molecule has 0 aliphatic carbocycles. The molecule has 1 aromatic rings. The quantitative estimate of drug-likeness (QED) is 0.663. The van der Waals surface area contributed by atoms with Gasteiger partial charge >= 0.3 is 6.09 Å². The highest BCUT2D eigenvalue weighted by Gasteiger charge is 2.46. The summed E-state index contributed by atoms with van der Waals surface area (Å²) in [5.41, 5.74) is 1.20. The van der Waals surface area contributed by atoms with Crippen molar-refractivity contribution >= 4 is 11.8 Å². The van der Waals surface area contributed by atoms with Gasteiger partial charge in [0.2, 0.25) is 0 Å². The van der Waals surface area contributed by atoms with Crippen LogP contribution in [-0.4, -0.2) is 31.4 Å². The van der Waals surface area contributed by atoms with Crippen LogP contribution < -0.4 is 4.90 Å². The maximum atomic E-state index is 13.2. The zero-order chi connectivity index (χ0) is 12.8. The average molecular weight is 250 g/mol. The first-order valence-electron chi connectivity index (χ1n) is 6.09. The minimum atomic E-state index is -0.650. The van der Waals surface area contributed by atoms with Crippen LogP contribution >= 0.6 is 0 Å². The Morgan fingerprint density at radius 3 is 2.67 bits per heavy atom. The zero-order valence-electron chi connectivity index (χ0n) is 10.2. The number of anilines is 1. The smallest absolute Gasteiger partial charge is 0.414 e. The lowest BCUT2D eigenvalue weighted by Gasteiger charge is -2.44. The van der Waals surface area contributed by atoms with Gasteiger partial charge in [0.1, 0.15) is 5.60 Å². The van der Waals surface area contributed by atoms with Gasteiger partial charge in [-0.3, -0.25) is 4.90 Å². The Morgan fingerprint density at radius 1 is 1.28 bits per heavy atom. The van der Waals surface area contributed by atoms with Crippen molar-refractivity contribution in [2.24, 2.45) is 0 Å². The maximum Gasteiger partial charge on any atom is 0.414 e. The summed E-state index contributed by atoms with van der Waals surface area (Å²) < 4.78 is 18.7. The summed E-state index contributed by atoms with van der Waals surface area (Å²) >= 11 is 0. The van der Waals surface area contributed by atoms with Gasteiger partial charge in [0, 0.05) is 38.5 Å². The van der Waals surface area contributed by atoms with E-state index >= 15 is 0 Å². The molecule has 5 heteroatoms. The van der Waals surface area contributed by atoms with E-state index < -0.39 is 5.60 Å². The molecule has 2 heterocycles. The first-order valence-corrected chi connectivity index (χ1v) is 6.09. The van der Waals surface area contributed by atoms with Crippen LogP contribution in [0.3, 0.4) is 0 Å². The number of piperidine rings is 1. The average Bonchev–Trinajstić information content (AvgIpc) is 2.40. The molecule has 2 aliphatic heterocycles. The number of para-hydroxylation sites is 1. The number of hydrogen-bond donors (Lipinski definition) is 0. The van der Waals surface area contributed by atoms with Crippen molar-refractivity contribution in [3.63, 3.8) is 0 Å². The minimum Gasteiger partial charge on any atom is -0.437 e. The lowest BCUT2D eigenvalue weighted by Crippen LogP contribution is -2.49. The first-order chi connectivity index (χ1) is 8.62. The summed E-state index contributed by atoms with van der Waals surface area (Å²) in [6.07, 6.45) is 0.640. The van der Waals surface area contributed by atoms with Gasteiger partial charge < -0.3 is 4.74 Å². The molecular weight excluding hydrogens is 235 g/mol. The van der Waals surface area contributed by atoms with Crippen molar-refractivity contribution < 1.29 is 14.0 Å². The Morgan fingerprint density at radius 2 is 1.94 bits per heavy atom. The van der Waals surface area contributed by atoms with Gasteiger partial charge in [0.05, 0.1) is 5.69 Å². The van der Waals surface area contributed by atoms with Crippen LogP contribution in [0.15, 0.2) is 24.3 Å². The van der Waals surface area contributed by atoms with Crippen LogP contribution in [0.2, 0.25) is 0 Å². The highest BCUT2D eigenvalue weighted by Crippen LogP contribution is 2.44. The standard InChI is InChI=1S/C13H15FN2O2/c1-15-11-5-3-2-4-10(11)13(18-12(15)17)6-8-16(14)9-7-13/h2-5H,6-9H2,1H3. The third-order valence-corrected chi connectivity index (χ3v) is 3.83. The van der Waals surface area contributed by atoms with Crippen molar-refractivity contribution in [3.8, 4) is 0 Å². The Kier molecular flexibility index (Phi) is 2.52. The molecule has 0 atom stereocenters. The van der Waals surface area contributed by atoms with Gasteiger partial charge in [-0.25, -0.2) is 4.79 Å². The summed E-state index contributed by atoms with van der Waals surface area (Å²) in [7, 11) is 1.69. The van der Waals surface area contributed by atoms with Crippen molar-refractivity contribution in [2.75, 3.05) is 25.0 Å². The van der Waals surface area contributed by atoms with Crippen LogP contribution in [0.25, 0.3) is 0 Å². The van der Waals surface area contributed by atoms with E-state index in [1.165, 1.54) is 4.90 Å². The van der Waals surface area contributed by atoms with Crippen molar-refractivity contribution in [1.82, 2.24) is 5.12 Å². The first kappa shape index (κ1) is 11.5. The van der Waals surface area contributed by atoms with Gasteiger partial charge in [0.15, 0.2) is 0 Å². The number of carbonyl (C=O) groups is 1. The monoisotopic (exact) mass is 250 g/mol. The SMILES string of the molecule is CN1C(=O)OC2(CCN(F)CC2)c2ccccc21. The topological polar surface area (TPSA) is 32.8 Å². The Hall–Kier alpha value is -1.62. The van der Waals surface area contributed by atoms with Gasteiger partial charge in [-0.2, -0.15) is 0 Å². The van der Waals surface area contributed by atoms with Gasteiger partial charge in [-0.1, -0.05) is 18.2 Å². The highest BCUT2D eigenvalue weighted by atomic mass is 19.2. The largest absolute Gasteiger partial charge is 0.437 e. The summed E-state index contributed by atoms with van der Waals surface area (Å²) in [6, 6.07) is 7.69. The Bertz CT molecular complexity index is 484. The van der Waals surface area contributed by atoms with Crippen molar-refractivity contribution in [2.45, 2.75) is 18.4 Å². The molecule has 1 aromatic carbocycles. The van der Waals surface area contributed by atoms with E-state index in [0.717, 1.165) is 16.4 Å². The van der Waals surface area contributed by atoms with E-state index in [-0.39, 0.29) is 6.09 Å². The van der Waals surface area contributed by atoms with Crippen LogP contribution in [-0.2, 0) is 10.3 Å². The normalized spacial score (nSPS) is 22.8. The molecule has 18 heavy (non-hydrogen) atoms. The number of rotatable bonds is 0. The van der Waals surface area contributed by atoms with Gasteiger partial charge in [-0.15, -0.1) is 9.60 Å². The second-order valence-electron chi connectivity index (χ2n) is 4.85. The molecule has 0 N–H and O–H groups in total. The predicted molar refractivity (Wildman–Crippen MR) is 64.9 cm³/mol. The summed E-state index contributed by atoms with van der Waals surface area (Å²) in [4.78, 5) is 13.4. The Labute approximate surface area is 105 Å². The molecule has 0 radical (unpaired) electrons. The number of benzene rings is 1. The van der Waals surface area contributed by atoms with Gasteiger partial charge in [0.25, 0.3) is 0 Å². The number of fused-ring (bicyclic) bond motifs is 2. The summed E-state index contributed by atoms with van der Waals surface area (Å²) in [5.74, 6) is 0. The number of carbonyl (C=O) groups excluding carboxylic acids is 1. The predicted octanol–water partition coefficient (Wildman–Crippen LogP) is 2.45. The maximum absolute atomic E-state index is 13.2. The van der Waals surface area contributed by atoms with Crippen molar-refractivity contribution in [1.29, 1.82) is 0 Å². The van der Waals surface area contributed by atoms with E-state index in [0.29, 0.717) is 25.9 Å². The highest BCUT2D eigenvalue weighted by molar-refractivity contribution is 5.91.